The van der Waals surface area contributed by atoms with Crippen molar-refractivity contribution in [2.45, 2.75) is 27.2 Å². The van der Waals surface area contributed by atoms with Gasteiger partial charge in [-0.2, -0.15) is 4.98 Å². The summed E-state index contributed by atoms with van der Waals surface area (Å²) in [7, 11) is 1.61. The highest BCUT2D eigenvalue weighted by Crippen LogP contribution is 2.21. The molecule has 86 valence electrons. The summed E-state index contributed by atoms with van der Waals surface area (Å²) in [4.78, 5) is 12.0. The van der Waals surface area contributed by atoms with Crippen molar-refractivity contribution in [1.29, 1.82) is 0 Å². The molecule has 0 aliphatic heterocycles. The van der Waals surface area contributed by atoms with Crippen LogP contribution >= 0.6 is 0 Å². The molecule has 2 heterocycles. The molecule has 0 aromatic carbocycles. The van der Waals surface area contributed by atoms with Gasteiger partial charge < -0.3 is 9.72 Å². The lowest BCUT2D eigenvalue weighted by Crippen LogP contribution is -2.10. The van der Waals surface area contributed by atoms with Gasteiger partial charge in [-0.05, 0) is 11.5 Å². The van der Waals surface area contributed by atoms with Crippen LogP contribution in [0, 0.1) is 5.41 Å². The Labute approximate surface area is 95.1 Å². The van der Waals surface area contributed by atoms with E-state index in [1.165, 1.54) is 0 Å². The molecule has 0 amide bonds. The van der Waals surface area contributed by atoms with Gasteiger partial charge in [0.05, 0.1) is 12.6 Å². The highest BCUT2D eigenvalue weighted by atomic mass is 16.5. The Morgan fingerprint density at radius 1 is 1.25 bits per heavy atom. The van der Waals surface area contributed by atoms with Crippen LogP contribution in [-0.2, 0) is 6.42 Å². The Morgan fingerprint density at radius 3 is 2.62 bits per heavy atom. The van der Waals surface area contributed by atoms with Crippen molar-refractivity contribution >= 4 is 11.2 Å². The highest BCUT2D eigenvalue weighted by molar-refractivity contribution is 5.71. The lowest BCUT2D eigenvalue weighted by molar-refractivity contribution is 0.399. The minimum absolute atomic E-state index is 0.220. The third-order valence-corrected chi connectivity index (χ3v) is 2.28. The Morgan fingerprint density at radius 2 is 2.00 bits per heavy atom. The van der Waals surface area contributed by atoms with E-state index in [1.807, 2.05) is 12.1 Å². The minimum Gasteiger partial charge on any atom is -0.481 e. The van der Waals surface area contributed by atoms with E-state index in [2.05, 4.69) is 35.7 Å². The number of nitrogens with one attached hydrogen (secondary N) is 1. The number of nitrogens with zero attached hydrogens (tertiary/aromatic N) is 2. The lowest BCUT2D eigenvalue weighted by atomic mass is 9.92. The van der Waals surface area contributed by atoms with Gasteiger partial charge in [0.15, 0.2) is 5.65 Å². The fraction of sp³-hybridized carbons (Fsp3) is 0.500. The van der Waals surface area contributed by atoms with Crippen molar-refractivity contribution in [2.24, 2.45) is 5.41 Å². The second kappa shape index (κ2) is 3.77. The summed E-state index contributed by atoms with van der Waals surface area (Å²) in [5.41, 5.74) is 1.90. The number of ether oxygens (including phenoxy) is 1. The fourth-order valence-corrected chi connectivity index (χ4v) is 1.62. The smallest absolute Gasteiger partial charge is 0.215 e. The van der Waals surface area contributed by atoms with Gasteiger partial charge in [0.25, 0.3) is 0 Å². The van der Waals surface area contributed by atoms with E-state index in [4.69, 9.17) is 4.74 Å². The Balaban J connectivity index is 2.36. The minimum atomic E-state index is 0.220. The largest absolute Gasteiger partial charge is 0.481 e. The maximum atomic E-state index is 5.07. The van der Waals surface area contributed by atoms with Gasteiger partial charge in [-0.25, -0.2) is 4.98 Å². The number of aromatic amines is 1. The van der Waals surface area contributed by atoms with Crippen LogP contribution in [0.1, 0.15) is 26.6 Å². The first kappa shape index (κ1) is 10.9. The van der Waals surface area contributed by atoms with E-state index in [0.717, 1.165) is 23.4 Å². The maximum Gasteiger partial charge on any atom is 0.215 e. The van der Waals surface area contributed by atoms with Crippen LogP contribution in [0.15, 0.2) is 12.1 Å². The van der Waals surface area contributed by atoms with Gasteiger partial charge in [-0.1, -0.05) is 20.8 Å². The van der Waals surface area contributed by atoms with Crippen LogP contribution in [0.25, 0.3) is 11.2 Å². The number of hydrogen-bond acceptors (Lipinski definition) is 3. The molecule has 0 fully saturated rings. The topological polar surface area (TPSA) is 50.8 Å². The van der Waals surface area contributed by atoms with Gasteiger partial charge in [0.2, 0.25) is 5.88 Å². The van der Waals surface area contributed by atoms with E-state index in [1.54, 1.807) is 7.11 Å². The van der Waals surface area contributed by atoms with E-state index in [-0.39, 0.29) is 5.41 Å². The SMILES string of the molecule is COc1ccc2[nH]c(CC(C)(C)C)nc2n1. The first-order valence-corrected chi connectivity index (χ1v) is 5.37. The monoisotopic (exact) mass is 219 g/mol. The van der Waals surface area contributed by atoms with E-state index in [0.29, 0.717) is 5.88 Å². The summed E-state index contributed by atoms with van der Waals surface area (Å²) in [6, 6.07) is 3.78. The molecule has 0 bridgehead atoms. The predicted octanol–water partition coefficient (Wildman–Crippen LogP) is 2.56. The molecule has 0 saturated heterocycles. The molecule has 1 N–H and O–H groups in total. The average molecular weight is 219 g/mol. The van der Waals surface area contributed by atoms with Crippen LogP contribution in [0.3, 0.4) is 0 Å². The second-order valence-electron chi connectivity index (χ2n) is 5.15. The van der Waals surface area contributed by atoms with Crippen molar-refractivity contribution in [3.05, 3.63) is 18.0 Å². The number of methoxy groups -OCH3 is 1. The molecule has 16 heavy (non-hydrogen) atoms. The van der Waals surface area contributed by atoms with Gasteiger partial charge in [-0.3, -0.25) is 0 Å². The Kier molecular flexibility index (Phi) is 2.58. The molecular formula is C12H17N3O. The zero-order valence-corrected chi connectivity index (χ0v) is 10.2. The summed E-state index contributed by atoms with van der Waals surface area (Å²) >= 11 is 0. The van der Waals surface area contributed by atoms with E-state index in [9.17, 15) is 0 Å². The van der Waals surface area contributed by atoms with E-state index < -0.39 is 0 Å². The first-order chi connectivity index (χ1) is 7.48. The van der Waals surface area contributed by atoms with Crippen LogP contribution in [0.5, 0.6) is 5.88 Å². The molecule has 4 heteroatoms. The molecular weight excluding hydrogens is 202 g/mol. The number of fused-ring (bicyclic) bond motifs is 1. The van der Waals surface area contributed by atoms with Gasteiger partial charge in [-0.15, -0.1) is 0 Å². The van der Waals surface area contributed by atoms with Gasteiger partial charge >= 0.3 is 0 Å². The first-order valence-electron chi connectivity index (χ1n) is 5.37. The average Bonchev–Trinajstić information content (AvgIpc) is 2.55. The normalized spacial score (nSPS) is 12.0. The molecule has 0 unspecified atom stereocenters. The molecule has 2 aromatic rings. The van der Waals surface area contributed by atoms with Crippen molar-refractivity contribution in [3.8, 4) is 5.88 Å². The number of imidazole rings is 1. The van der Waals surface area contributed by atoms with Crippen molar-refractivity contribution < 1.29 is 4.74 Å². The molecule has 2 rings (SSSR count). The molecule has 0 aliphatic carbocycles. The molecule has 0 atom stereocenters. The van der Waals surface area contributed by atoms with Gasteiger partial charge in [0, 0.05) is 12.5 Å². The Bertz CT molecular complexity index is 496. The summed E-state index contributed by atoms with van der Waals surface area (Å²) in [5, 5.41) is 0. The predicted molar refractivity (Wildman–Crippen MR) is 63.6 cm³/mol. The quantitative estimate of drug-likeness (QED) is 0.844. The summed E-state index contributed by atoms with van der Waals surface area (Å²) in [6.07, 6.45) is 0.908. The second-order valence-corrected chi connectivity index (χ2v) is 5.15. The summed E-state index contributed by atoms with van der Waals surface area (Å²) in [6.45, 7) is 6.57. The van der Waals surface area contributed by atoms with Crippen LogP contribution in [-0.4, -0.2) is 22.1 Å². The number of aromatic nitrogens is 3. The fourth-order valence-electron chi connectivity index (χ4n) is 1.62. The maximum absolute atomic E-state index is 5.07. The standard InChI is InChI=1S/C12H17N3O/c1-12(2,3)7-9-13-8-5-6-10(16-4)15-11(8)14-9/h5-6H,7H2,1-4H3,(H,13,14,15). The number of rotatable bonds is 2. The van der Waals surface area contributed by atoms with Gasteiger partial charge in [0.1, 0.15) is 5.82 Å². The molecule has 0 saturated carbocycles. The summed E-state index contributed by atoms with van der Waals surface area (Å²) in [5.74, 6) is 1.57. The zero-order chi connectivity index (χ0) is 11.8. The number of hydrogen-bond donors (Lipinski definition) is 1. The number of H-pyrrole nitrogens is 1. The molecule has 0 spiro atoms. The highest BCUT2D eigenvalue weighted by Gasteiger charge is 2.14. The van der Waals surface area contributed by atoms with Crippen LogP contribution in [0.2, 0.25) is 0 Å². The van der Waals surface area contributed by atoms with Crippen molar-refractivity contribution in [3.63, 3.8) is 0 Å². The number of pyridine rings is 1. The Hall–Kier alpha value is -1.58. The van der Waals surface area contributed by atoms with Crippen LogP contribution in [0.4, 0.5) is 0 Å². The molecule has 4 nitrogen and oxygen atoms in total. The third kappa shape index (κ3) is 2.32. The zero-order valence-electron chi connectivity index (χ0n) is 10.2. The van der Waals surface area contributed by atoms with Crippen molar-refractivity contribution in [1.82, 2.24) is 15.0 Å². The molecule has 2 aromatic heterocycles. The third-order valence-electron chi connectivity index (χ3n) is 2.28. The lowest BCUT2D eigenvalue weighted by Gasteiger charge is -2.15. The van der Waals surface area contributed by atoms with E-state index >= 15 is 0 Å². The molecule has 0 aliphatic rings. The summed E-state index contributed by atoms with van der Waals surface area (Å²) < 4.78 is 5.07. The molecule has 0 radical (unpaired) electrons. The van der Waals surface area contributed by atoms with Crippen LogP contribution < -0.4 is 4.74 Å². The van der Waals surface area contributed by atoms with Crippen molar-refractivity contribution in [2.75, 3.05) is 7.11 Å².